The summed E-state index contributed by atoms with van der Waals surface area (Å²) in [7, 11) is 0. The number of rotatable bonds is 4. The third-order valence-corrected chi connectivity index (χ3v) is 2.99. The zero-order chi connectivity index (χ0) is 13.9. The Kier molecular flexibility index (Phi) is 3.16. The lowest BCUT2D eigenvalue weighted by atomic mass is 10.1. The van der Waals surface area contributed by atoms with Gasteiger partial charge in [0.25, 0.3) is 0 Å². The van der Waals surface area contributed by atoms with Gasteiger partial charge in [0.05, 0.1) is 6.61 Å². The Balaban J connectivity index is 2.11. The van der Waals surface area contributed by atoms with Gasteiger partial charge in [-0.1, -0.05) is 0 Å². The third-order valence-electron chi connectivity index (χ3n) is 2.99. The van der Waals surface area contributed by atoms with E-state index in [4.69, 9.17) is 4.74 Å². The van der Waals surface area contributed by atoms with Crippen molar-refractivity contribution in [2.24, 2.45) is 0 Å². The number of fused-ring (bicyclic) bond motifs is 1. The monoisotopic (exact) mass is 267 g/mol. The molecule has 5 nitrogen and oxygen atoms in total. The number of aldehydes is 1. The Bertz CT molecular complexity index is 747. The molecule has 0 fully saturated rings. The standard InChI is InChI=1S/C15H13N3O2/c1-2-20-12-6-4-11(5-7-12)14-13(10-19)18-9-3-8-16-15(18)17-14/h3-10H,2H2,1H3. The Labute approximate surface area is 115 Å². The summed E-state index contributed by atoms with van der Waals surface area (Å²) in [6.07, 6.45) is 4.23. The summed E-state index contributed by atoms with van der Waals surface area (Å²) in [4.78, 5) is 19.9. The minimum atomic E-state index is 0.497. The van der Waals surface area contributed by atoms with E-state index >= 15 is 0 Å². The molecule has 20 heavy (non-hydrogen) atoms. The predicted octanol–water partition coefficient (Wildman–Crippen LogP) is 2.61. The van der Waals surface area contributed by atoms with Crippen LogP contribution in [0.3, 0.4) is 0 Å². The Morgan fingerprint density at radius 1 is 1.30 bits per heavy atom. The van der Waals surface area contributed by atoms with Gasteiger partial charge in [-0.15, -0.1) is 0 Å². The smallest absolute Gasteiger partial charge is 0.234 e. The lowest BCUT2D eigenvalue weighted by Gasteiger charge is -2.03. The van der Waals surface area contributed by atoms with E-state index in [1.54, 1.807) is 22.9 Å². The number of carbonyl (C=O) groups is 1. The van der Waals surface area contributed by atoms with Gasteiger partial charge < -0.3 is 4.74 Å². The van der Waals surface area contributed by atoms with Crippen molar-refractivity contribution in [1.29, 1.82) is 0 Å². The van der Waals surface area contributed by atoms with Crippen LogP contribution in [-0.4, -0.2) is 27.3 Å². The average molecular weight is 267 g/mol. The molecule has 0 N–H and O–H groups in total. The van der Waals surface area contributed by atoms with Crippen LogP contribution < -0.4 is 4.74 Å². The van der Waals surface area contributed by atoms with E-state index in [1.807, 2.05) is 31.2 Å². The van der Waals surface area contributed by atoms with Gasteiger partial charge in [0, 0.05) is 18.0 Å². The second kappa shape index (κ2) is 5.13. The first kappa shape index (κ1) is 12.3. The van der Waals surface area contributed by atoms with Crippen LogP contribution >= 0.6 is 0 Å². The molecule has 5 heteroatoms. The number of benzene rings is 1. The van der Waals surface area contributed by atoms with Crippen LogP contribution in [0.25, 0.3) is 17.0 Å². The first-order valence-corrected chi connectivity index (χ1v) is 6.35. The van der Waals surface area contributed by atoms with Gasteiger partial charge >= 0.3 is 0 Å². The van der Waals surface area contributed by atoms with Gasteiger partial charge in [-0.2, -0.15) is 0 Å². The van der Waals surface area contributed by atoms with E-state index < -0.39 is 0 Å². The molecule has 3 aromatic rings. The molecule has 0 saturated heterocycles. The number of hydrogen-bond donors (Lipinski definition) is 0. The van der Waals surface area contributed by atoms with Gasteiger partial charge in [0.2, 0.25) is 5.78 Å². The van der Waals surface area contributed by atoms with E-state index in [-0.39, 0.29) is 0 Å². The summed E-state index contributed by atoms with van der Waals surface area (Å²) in [5.41, 5.74) is 1.99. The van der Waals surface area contributed by atoms with Crippen LogP contribution in [0.4, 0.5) is 0 Å². The molecule has 3 rings (SSSR count). The highest BCUT2D eigenvalue weighted by molar-refractivity contribution is 5.85. The zero-order valence-corrected chi connectivity index (χ0v) is 11.0. The fraction of sp³-hybridized carbons (Fsp3) is 0.133. The first-order valence-electron chi connectivity index (χ1n) is 6.35. The molecular weight excluding hydrogens is 254 g/mol. The van der Waals surface area contributed by atoms with Crippen molar-refractivity contribution < 1.29 is 9.53 Å². The van der Waals surface area contributed by atoms with Crippen molar-refractivity contribution >= 4 is 12.1 Å². The number of aromatic nitrogens is 3. The maximum absolute atomic E-state index is 11.3. The highest BCUT2D eigenvalue weighted by Gasteiger charge is 2.13. The third kappa shape index (κ3) is 2.03. The van der Waals surface area contributed by atoms with Crippen LogP contribution in [0.15, 0.2) is 42.7 Å². The molecule has 0 aliphatic rings. The summed E-state index contributed by atoms with van der Waals surface area (Å²) in [6.45, 7) is 2.56. The average Bonchev–Trinajstić information content (AvgIpc) is 2.87. The predicted molar refractivity (Wildman–Crippen MR) is 75.0 cm³/mol. The van der Waals surface area contributed by atoms with Gasteiger partial charge in [-0.25, -0.2) is 9.97 Å². The minimum absolute atomic E-state index is 0.497. The maximum Gasteiger partial charge on any atom is 0.234 e. The van der Waals surface area contributed by atoms with Crippen LogP contribution in [-0.2, 0) is 0 Å². The molecule has 1 aromatic carbocycles. The highest BCUT2D eigenvalue weighted by Crippen LogP contribution is 2.24. The minimum Gasteiger partial charge on any atom is -0.494 e. The molecular formula is C15H13N3O2. The van der Waals surface area contributed by atoms with Crippen LogP contribution in [0.1, 0.15) is 17.4 Å². The lowest BCUT2D eigenvalue weighted by Crippen LogP contribution is -1.93. The van der Waals surface area contributed by atoms with Gasteiger partial charge in [-0.3, -0.25) is 9.20 Å². The molecule has 2 aromatic heterocycles. The number of hydrogen-bond acceptors (Lipinski definition) is 4. The molecule has 0 radical (unpaired) electrons. The normalized spacial score (nSPS) is 10.7. The molecule has 0 unspecified atom stereocenters. The summed E-state index contributed by atoms with van der Waals surface area (Å²) in [5.74, 6) is 1.31. The van der Waals surface area contributed by atoms with E-state index in [9.17, 15) is 4.79 Å². The molecule has 0 bridgehead atoms. The summed E-state index contributed by atoms with van der Waals surface area (Å²) in [6, 6.07) is 9.28. The van der Waals surface area contributed by atoms with Crippen molar-refractivity contribution in [1.82, 2.24) is 14.4 Å². The molecule has 0 aliphatic heterocycles. The quantitative estimate of drug-likeness (QED) is 0.682. The van der Waals surface area contributed by atoms with E-state index in [0.29, 0.717) is 23.8 Å². The number of nitrogens with zero attached hydrogens (tertiary/aromatic N) is 3. The van der Waals surface area contributed by atoms with Crippen LogP contribution in [0.2, 0.25) is 0 Å². The molecule has 0 amide bonds. The van der Waals surface area contributed by atoms with Crippen LogP contribution in [0.5, 0.6) is 5.75 Å². The summed E-state index contributed by atoms with van der Waals surface area (Å²) >= 11 is 0. The van der Waals surface area contributed by atoms with Gasteiger partial charge in [0.15, 0.2) is 6.29 Å². The maximum atomic E-state index is 11.3. The number of carbonyl (C=O) groups excluding carboxylic acids is 1. The molecule has 100 valence electrons. The first-order chi connectivity index (χ1) is 9.83. The number of imidazole rings is 1. The molecule has 2 heterocycles. The fourth-order valence-electron chi connectivity index (χ4n) is 2.11. The van der Waals surface area contributed by atoms with Crippen molar-refractivity contribution in [3.63, 3.8) is 0 Å². The van der Waals surface area contributed by atoms with Gasteiger partial charge in [-0.05, 0) is 37.3 Å². The molecule has 0 aliphatic carbocycles. The zero-order valence-electron chi connectivity index (χ0n) is 11.0. The van der Waals surface area contributed by atoms with Crippen molar-refractivity contribution in [3.8, 4) is 17.0 Å². The number of ether oxygens (including phenoxy) is 1. The Morgan fingerprint density at radius 2 is 2.10 bits per heavy atom. The van der Waals surface area contributed by atoms with Crippen LogP contribution in [0, 0.1) is 0 Å². The molecule has 0 atom stereocenters. The lowest BCUT2D eigenvalue weighted by molar-refractivity contribution is 0.111. The SMILES string of the molecule is CCOc1ccc(-c2nc3ncccn3c2C=O)cc1. The Morgan fingerprint density at radius 3 is 2.80 bits per heavy atom. The largest absolute Gasteiger partial charge is 0.494 e. The molecule has 0 saturated carbocycles. The summed E-state index contributed by atoms with van der Waals surface area (Å²) in [5, 5.41) is 0. The topological polar surface area (TPSA) is 56.5 Å². The van der Waals surface area contributed by atoms with E-state index in [0.717, 1.165) is 17.6 Å². The van der Waals surface area contributed by atoms with Crippen molar-refractivity contribution in [2.45, 2.75) is 6.92 Å². The van der Waals surface area contributed by atoms with Crippen molar-refractivity contribution in [3.05, 3.63) is 48.4 Å². The van der Waals surface area contributed by atoms with E-state index in [1.165, 1.54) is 0 Å². The fourth-order valence-corrected chi connectivity index (χ4v) is 2.11. The molecule has 0 spiro atoms. The second-order valence-electron chi connectivity index (χ2n) is 4.21. The second-order valence-corrected chi connectivity index (χ2v) is 4.21. The van der Waals surface area contributed by atoms with Gasteiger partial charge in [0.1, 0.15) is 17.1 Å². The van der Waals surface area contributed by atoms with Crippen molar-refractivity contribution in [2.75, 3.05) is 6.61 Å². The summed E-state index contributed by atoms with van der Waals surface area (Å²) < 4.78 is 7.08. The highest BCUT2D eigenvalue weighted by atomic mass is 16.5. The Hall–Kier alpha value is -2.69. The van der Waals surface area contributed by atoms with E-state index in [2.05, 4.69) is 9.97 Å².